The summed E-state index contributed by atoms with van der Waals surface area (Å²) in [7, 11) is 0. The van der Waals surface area contributed by atoms with Crippen molar-refractivity contribution in [3.05, 3.63) is 12.7 Å². The van der Waals surface area contributed by atoms with Gasteiger partial charge in [-0.05, 0) is 24.0 Å². The SMILES string of the molecule is C=CCC1(O)CSCCC1(C)C. The Labute approximate surface area is 79.2 Å². The minimum atomic E-state index is -0.530. The first-order chi connectivity index (χ1) is 5.52. The number of thioether (sulfide) groups is 1. The summed E-state index contributed by atoms with van der Waals surface area (Å²) in [5.41, 5.74) is -0.482. The first-order valence-corrected chi connectivity index (χ1v) is 5.58. The van der Waals surface area contributed by atoms with E-state index in [0.29, 0.717) is 6.42 Å². The lowest BCUT2D eigenvalue weighted by molar-refractivity contribution is -0.0490. The van der Waals surface area contributed by atoms with Crippen LogP contribution in [0.15, 0.2) is 12.7 Å². The molecular weight excluding hydrogens is 168 g/mol. The van der Waals surface area contributed by atoms with Gasteiger partial charge in [-0.25, -0.2) is 0 Å². The molecule has 0 radical (unpaired) electrons. The van der Waals surface area contributed by atoms with Crippen LogP contribution in [0.2, 0.25) is 0 Å². The van der Waals surface area contributed by atoms with Gasteiger partial charge in [0.15, 0.2) is 0 Å². The van der Waals surface area contributed by atoms with Gasteiger partial charge < -0.3 is 5.11 Å². The second kappa shape index (κ2) is 3.43. The van der Waals surface area contributed by atoms with E-state index in [1.54, 1.807) is 0 Å². The Balaban J connectivity index is 2.76. The topological polar surface area (TPSA) is 20.2 Å². The molecule has 1 aliphatic heterocycles. The third-order valence-electron chi connectivity index (χ3n) is 2.95. The van der Waals surface area contributed by atoms with E-state index in [2.05, 4.69) is 20.4 Å². The molecule has 0 aliphatic carbocycles. The molecule has 0 aromatic carbocycles. The molecule has 2 heteroatoms. The standard InChI is InChI=1S/C10H18OS/c1-4-5-10(11)8-12-7-6-9(10,2)3/h4,11H,1,5-8H2,2-3H3. The minimum absolute atomic E-state index is 0.0481. The van der Waals surface area contributed by atoms with E-state index in [4.69, 9.17) is 0 Å². The highest BCUT2D eigenvalue weighted by Crippen LogP contribution is 2.44. The normalized spacial score (nSPS) is 34.6. The molecule has 1 atom stereocenters. The van der Waals surface area contributed by atoms with Crippen molar-refractivity contribution in [2.45, 2.75) is 32.3 Å². The fraction of sp³-hybridized carbons (Fsp3) is 0.800. The van der Waals surface area contributed by atoms with Crippen LogP contribution in [0.4, 0.5) is 0 Å². The zero-order valence-corrected chi connectivity index (χ0v) is 8.78. The van der Waals surface area contributed by atoms with Gasteiger partial charge in [-0.3, -0.25) is 0 Å². The van der Waals surface area contributed by atoms with Gasteiger partial charge in [0.25, 0.3) is 0 Å². The van der Waals surface area contributed by atoms with Crippen molar-refractivity contribution < 1.29 is 5.11 Å². The van der Waals surface area contributed by atoms with Crippen molar-refractivity contribution >= 4 is 11.8 Å². The molecule has 1 rings (SSSR count). The molecule has 0 spiro atoms. The highest BCUT2D eigenvalue weighted by Gasteiger charge is 2.44. The predicted octanol–water partition coefficient (Wildman–Crippen LogP) is 2.46. The number of hydrogen-bond acceptors (Lipinski definition) is 2. The first kappa shape index (κ1) is 10.1. The summed E-state index contributed by atoms with van der Waals surface area (Å²) in [6.07, 6.45) is 3.64. The molecule has 0 bridgehead atoms. The monoisotopic (exact) mass is 186 g/mol. The van der Waals surface area contributed by atoms with Crippen LogP contribution in [0.1, 0.15) is 26.7 Å². The summed E-state index contributed by atoms with van der Waals surface area (Å²) in [5.74, 6) is 2.03. The fourth-order valence-corrected chi connectivity index (χ4v) is 3.22. The van der Waals surface area contributed by atoms with E-state index in [-0.39, 0.29) is 5.41 Å². The largest absolute Gasteiger partial charge is 0.388 e. The highest BCUT2D eigenvalue weighted by molar-refractivity contribution is 7.99. The van der Waals surface area contributed by atoms with Gasteiger partial charge in [-0.15, -0.1) is 6.58 Å². The smallest absolute Gasteiger partial charge is 0.0822 e. The summed E-state index contributed by atoms with van der Waals surface area (Å²) in [6.45, 7) is 7.99. The van der Waals surface area contributed by atoms with E-state index in [0.717, 1.165) is 12.2 Å². The van der Waals surface area contributed by atoms with Gasteiger partial charge in [-0.1, -0.05) is 19.9 Å². The van der Waals surface area contributed by atoms with Crippen LogP contribution in [0.3, 0.4) is 0 Å². The molecule has 1 N–H and O–H groups in total. The van der Waals surface area contributed by atoms with Crippen LogP contribution < -0.4 is 0 Å². The Morgan fingerprint density at radius 2 is 2.25 bits per heavy atom. The fourth-order valence-electron chi connectivity index (χ4n) is 1.57. The van der Waals surface area contributed by atoms with Gasteiger partial charge in [0.1, 0.15) is 0 Å². The van der Waals surface area contributed by atoms with Crippen LogP contribution in [0.25, 0.3) is 0 Å². The van der Waals surface area contributed by atoms with E-state index in [1.165, 1.54) is 5.75 Å². The minimum Gasteiger partial charge on any atom is -0.388 e. The molecule has 0 aromatic rings. The molecule has 1 heterocycles. The van der Waals surface area contributed by atoms with Crippen LogP contribution in [-0.2, 0) is 0 Å². The van der Waals surface area contributed by atoms with Crippen molar-refractivity contribution in [2.24, 2.45) is 5.41 Å². The molecule has 12 heavy (non-hydrogen) atoms. The second-order valence-electron chi connectivity index (χ2n) is 4.21. The first-order valence-electron chi connectivity index (χ1n) is 4.43. The Morgan fingerprint density at radius 3 is 2.75 bits per heavy atom. The third kappa shape index (κ3) is 1.69. The Kier molecular flexibility index (Phi) is 2.89. The molecular formula is C10H18OS. The summed E-state index contributed by atoms with van der Waals surface area (Å²) in [4.78, 5) is 0. The maximum Gasteiger partial charge on any atom is 0.0822 e. The predicted molar refractivity (Wildman–Crippen MR) is 55.5 cm³/mol. The molecule has 1 unspecified atom stereocenters. The molecule has 70 valence electrons. The summed E-state index contributed by atoms with van der Waals surface area (Å²) >= 11 is 1.85. The van der Waals surface area contributed by atoms with Gasteiger partial charge >= 0.3 is 0 Å². The Bertz CT molecular complexity index is 177. The lowest BCUT2D eigenvalue weighted by Crippen LogP contribution is -2.49. The lowest BCUT2D eigenvalue weighted by atomic mass is 9.72. The molecule has 1 fully saturated rings. The van der Waals surface area contributed by atoms with E-state index in [1.807, 2.05) is 17.8 Å². The van der Waals surface area contributed by atoms with Crippen LogP contribution in [0, 0.1) is 5.41 Å². The van der Waals surface area contributed by atoms with Crippen LogP contribution in [0.5, 0.6) is 0 Å². The van der Waals surface area contributed by atoms with Gasteiger partial charge in [0.2, 0.25) is 0 Å². The quantitative estimate of drug-likeness (QED) is 0.668. The molecule has 0 amide bonds. The maximum atomic E-state index is 10.3. The summed E-state index contributed by atoms with van der Waals surface area (Å²) in [5, 5.41) is 10.3. The van der Waals surface area contributed by atoms with E-state index < -0.39 is 5.60 Å². The van der Waals surface area contributed by atoms with Crippen LogP contribution in [-0.4, -0.2) is 22.2 Å². The van der Waals surface area contributed by atoms with Crippen LogP contribution >= 0.6 is 11.8 Å². The average Bonchev–Trinajstić information content (AvgIpc) is 1.96. The molecule has 0 aromatic heterocycles. The average molecular weight is 186 g/mol. The van der Waals surface area contributed by atoms with Crippen molar-refractivity contribution in [1.82, 2.24) is 0 Å². The molecule has 0 saturated carbocycles. The van der Waals surface area contributed by atoms with Gasteiger partial charge in [-0.2, -0.15) is 11.8 Å². The second-order valence-corrected chi connectivity index (χ2v) is 5.32. The molecule has 1 nitrogen and oxygen atoms in total. The zero-order chi connectivity index (χ0) is 9.24. The van der Waals surface area contributed by atoms with Crippen molar-refractivity contribution in [2.75, 3.05) is 11.5 Å². The molecule has 1 saturated heterocycles. The number of rotatable bonds is 2. The van der Waals surface area contributed by atoms with Gasteiger partial charge in [0.05, 0.1) is 5.60 Å². The van der Waals surface area contributed by atoms with E-state index in [9.17, 15) is 5.11 Å². The highest BCUT2D eigenvalue weighted by atomic mass is 32.2. The Morgan fingerprint density at radius 1 is 1.58 bits per heavy atom. The zero-order valence-electron chi connectivity index (χ0n) is 7.97. The summed E-state index contributed by atoms with van der Waals surface area (Å²) < 4.78 is 0. The maximum absolute atomic E-state index is 10.3. The Hall–Kier alpha value is 0.0500. The summed E-state index contributed by atoms with van der Waals surface area (Å²) in [6, 6.07) is 0. The third-order valence-corrected chi connectivity index (χ3v) is 4.13. The van der Waals surface area contributed by atoms with Crippen molar-refractivity contribution in [3.8, 4) is 0 Å². The van der Waals surface area contributed by atoms with Crippen molar-refractivity contribution in [3.63, 3.8) is 0 Å². The van der Waals surface area contributed by atoms with E-state index >= 15 is 0 Å². The van der Waals surface area contributed by atoms with Crippen molar-refractivity contribution in [1.29, 1.82) is 0 Å². The number of aliphatic hydroxyl groups is 1. The lowest BCUT2D eigenvalue weighted by Gasteiger charge is -2.45. The number of hydrogen-bond donors (Lipinski definition) is 1. The van der Waals surface area contributed by atoms with Gasteiger partial charge in [0, 0.05) is 5.75 Å². The molecule has 1 aliphatic rings.